The minimum atomic E-state index is -0.487. The molecule has 1 aromatic heterocycles. The molecule has 0 spiro atoms. The summed E-state index contributed by atoms with van der Waals surface area (Å²) >= 11 is 1.47. The van der Waals surface area contributed by atoms with Gasteiger partial charge in [0.2, 0.25) is 6.41 Å². The number of piperazine rings is 1. The second kappa shape index (κ2) is 11.4. The van der Waals surface area contributed by atoms with Crippen molar-refractivity contribution in [1.82, 2.24) is 29.0 Å². The summed E-state index contributed by atoms with van der Waals surface area (Å²) in [6, 6.07) is 0. The smallest absolute Gasteiger partial charge is 0.209 e. The number of aromatic nitrogens is 2. The summed E-state index contributed by atoms with van der Waals surface area (Å²) < 4.78 is 4.78. The number of imidazole rings is 1. The molecule has 4 rings (SSSR count). The number of rotatable bonds is 4. The van der Waals surface area contributed by atoms with Gasteiger partial charge in [-0.3, -0.25) is 9.36 Å². The molecular weight excluding hydrogens is 402 g/mol. The molecule has 1 saturated carbocycles. The van der Waals surface area contributed by atoms with E-state index in [1.54, 1.807) is 11.1 Å². The first-order chi connectivity index (χ1) is 14.3. The Balaban J connectivity index is 0.000000241. The van der Waals surface area contributed by atoms with E-state index in [-0.39, 0.29) is 0 Å². The van der Waals surface area contributed by atoms with Crippen LogP contribution in [0.1, 0.15) is 25.1 Å². The van der Waals surface area contributed by atoms with Crippen LogP contribution in [-0.2, 0) is 4.79 Å². The van der Waals surface area contributed by atoms with Gasteiger partial charge in [0.15, 0.2) is 5.82 Å². The van der Waals surface area contributed by atoms with Crippen LogP contribution in [0.4, 0.5) is 5.82 Å². The van der Waals surface area contributed by atoms with Gasteiger partial charge in [0, 0.05) is 32.4 Å². The average Bonchev–Trinajstić information content (AvgIpc) is 3.39. The molecule has 3 aliphatic rings. The Bertz CT molecular complexity index is 733. The van der Waals surface area contributed by atoms with E-state index in [1.807, 2.05) is 43.1 Å². The van der Waals surface area contributed by atoms with Gasteiger partial charge < -0.3 is 25.5 Å². The molecule has 1 aromatic rings. The Labute approximate surface area is 183 Å². The lowest BCUT2D eigenvalue weighted by atomic mass is 10.2. The molecular formula is C20H35N7O2S. The minimum absolute atomic E-state index is 0.487. The van der Waals surface area contributed by atoms with Gasteiger partial charge in [-0.2, -0.15) is 0 Å². The summed E-state index contributed by atoms with van der Waals surface area (Å²) in [6.45, 7) is 3.17. The molecule has 0 aromatic carbocycles. The Hall–Kier alpha value is -2.01. The van der Waals surface area contributed by atoms with Crippen LogP contribution in [0.2, 0.25) is 0 Å². The molecule has 1 saturated heterocycles. The number of carbonyl (C=O) groups excluding carboxylic acids is 1. The van der Waals surface area contributed by atoms with Crippen LogP contribution in [0.25, 0.3) is 11.9 Å². The van der Waals surface area contributed by atoms with Gasteiger partial charge in [-0.15, -0.1) is 0 Å². The second-order valence-electron chi connectivity index (χ2n) is 7.89. The summed E-state index contributed by atoms with van der Waals surface area (Å²) in [5.41, 5.74) is 6.53. The maximum Gasteiger partial charge on any atom is 0.209 e. The highest BCUT2D eigenvalue weighted by atomic mass is 32.2. The third kappa shape index (κ3) is 7.35. The minimum Gasteiger partial charge on any atom is -0.383 e. The predicted octanol–water partition coefficient (Wildman–Crippen LogP) is 0.969. The van der Waals surface area contributed by atoms with Crippen molar-refractivity contribution in [3.05, 3.63) is 24.2 Å². The van der Waals surface area contributed by atoms with Crippen LogP contribution in [0.15, 0.2) is 18.3 Å². The van der Waals surface area contributed by atoms with Crippen LogP contribution >= 0.6 is 11.9 Å². The molecule has 0 unspecified atom stereocenters. The van der Waals surface area contributed by atoms with Crippen molar-refractivity contribution in [2.45, 2.75) is 25.0 Å². The maximum absolute atomic E-state index is 10.7. The molecule has 0 atom stereocenters. The molecule has 0 bridgehead atoms. The Morgan fingerprint density at radius 2 is 1.90 bits per heavy atom. The summed E-state index contributed by atoms with van der Waals surface area (Å²) in [4.78, 5) is 21.2. The van der Waals surface area contributed by atoms with Crippen molar-refractivity contribution < 1.29 is 9.90 Å². The highest BCUT2D eigenvalue weighted by molar-refractivity contribution is 7.96. The van der Waals surface area contributed by atoms with Crippen molar-refractivity contribution in [3.8, 4) is 0 Å². The number of aliphatic hydroxyl groups is 1. The van der Waals surface area contributed by atoms with E-state index >= 15 is 0 Å². The lowest BCUT2D eigenvalue weighted by Gasteiger charge is -2.35. The lowest BCUT2D eigenvalue weighted by Crippen LogP contribution is -2.44. The Kier molecular flexibility index (Phi) is 9.22. The third-order valence-corrected chi connectivity index (χ3v) is 5.16. The van der Waals surface area contributed by atoms with E-state index in [0.717, 1.165) is 63.4 Å². The molecule has 30 heavy (non-hydrogen) atoms. The number of amides is 1. The molecule has 168 valence electrons. The molecule has 9 nitrogen and oxygen atoms in total. The Morgan fingerprint density at radius 1 is 1.27 bits per heavy atom. The standard InChI is InChI=1S/C13H17N5O.C4H9NOS.C3H9N/c14-12-9-15-13-11(3-1-2-4-18(12)13)17-7-5-16(10-19)6-8-17;1-7-5-4(6)2-3-4;1-4(2)3/h2-4,9-10H,1,5-8,14H2;5-6H,2-3H2,1H3;1-3H3. The van der Waals surface area contributed by atoms with Crippen molar-refractivity contribution in [2.24, 2.45) is 0 Å². The predicted molar refractivity (Wildman–Crippen MR) is 124 cm³/mol. The van der Waals surface area contributed by atoms with Gasteiger partial charge >= 0.3 is 0 Å². The first kappa shape index (κ1) is 24.3. The van der Waals surface area contributed by atoms with Gasteiger partial charge in [0.05, 0.1) is 11.9 Å². The van der Waals surface area contributed by atoms with E-state index < -0.39 is 5.72 Å². The zero-order valence-electron chi connectivity index (χ0n) is 18.4. The van der Waals surface area contributed by atoms with Crippen LogP contribution in [0, 0.1) is 0 Å². The normalized spacial score (nSPS) is 18.9. The highest BCUT2D eigenvalue weighted by Gasteiger charge is 2.39. The number of nitrogens with zero attached hydrogens (tertiary/aromatic N) is 5. The van der Waals surface area contributed by atoms with Gasteiger partial charge in [-0.25, -0.2) is 9.71 Å². The first-order valence-electron chi connectivity index (χ1n) is 10.1. The SMILES string of the molecule is CN(C)C.CSNC1(O)CC1.Nc1cnc2n1C=CCC=C2N1CCN(C=O)CC1. The van der Waals surface area contributed by atoms with E-state index in [9.17, 15) is 4.79 Å². The summed E-state index contributed by atoms with van der Waals surface area (Å²) in [7, 11) is 6.00. The third-order valence-electron chi connectivity index (χ3n) is 4.58. The maximum atomic E-state index is 10.7. The molecule has 3 heterocycles. The molecule has 1 amide bonds. The average molecular weight is 438 g/mol. The van der Waals surface area contributed by atoms with E-state index in [1.165, 1.54) is 11.9 Å². The van der Waals surface area contributed by atoms with Gasteiger partial charge in [-0.1, -0.05) is 24.1 Å². The number of fused-ring (bicyclic) bond motifs is 1. The number of nitrogens with one attached hydrogen (secondary N) is 1. The molecule has 2 aliphatic heterocycles. The fraction of sp³-hybridized carbons (Fsp3) is 0.600. The topological polar surface area (TPSA) is 103 Å². The zero-order chi connectivity index (χ0) is 22.1. The van der Waals surface area contributed by atoms with Gasteiger partial charge in [0.1, 0.15) is 11.5 Å². The van der Waals surface area contributed by atoms with E-state index in [0.29, 0.717) is 5.82 Å². The number of carbonyl (C=O) groups is 1. The quantitative estimate of drug-likeness (QED) is 0.364. The van der Waals surface area contributed by atoms with Crippen LogP contribution in [-0.4, -0.2) is 95.1 Å². The largest absolute Gasteiger partial charge is 0.383 e. The summed E-state index contributed by atoms with van der Waals surface area (Å²) in [5, 5.41) is 9.00. The van der Waals surface area contributed by atoms with Gasteiger partial charge in [-0.05, 0) is 46.7 Å². The Morgan fingerprint density at radius 3 is 2.40 bits per heavy atom. The molecule has 10 heteroatoms. The zero-order valence-corrected chi connectivity index (χ0v) is 19.2. The van der Waals surface area contributed by atoms with E-state index in [2.05, 4.69) is 26.8 Å². The van der Waals surface area contributed by atoms with Crippen molar-refractivity contribution >= 4 is 36.1 Å². The number of anilines is 1. The lowest BCUT2D eigenvalue weighted by molar-refractivity contribution is -0.119. The van der Waals surface area contributed by atoms with Crippen LogP contribution < -0.4 is 10.5 Å². The van der Waals surface area contributed by atoms with Crippen molar-refractivity contribution in [1.29, 1.82) is 0 Å². The van der Waals surface area contributed by atoms with E-state index in [4.69, 9.17) is 10.8 Å². The summed E-state index contributed by atoms with van der Waals surface area (Å²) in [6.07, 6.45) is 13.4. The fourth-order valence-corrected chi connectivity index (χ4v) is 3.49. The number of hydrogen-bond acceptors (Lipinski definition) is 8. The fourth-order valence-electron chi connectivity index (χ4n) is 2.91. The molecule has 4 N–H and O–H groups in total. The second-order valence-corrected chi connectivity index (χ2v) is 8.51. The van der Waals surface area contributed by atoms with Crippen molar-refractivity contribution in [2.75, 3.05) is 59.3 Å². The molecule has 2 fully saturated rings. The number of nitrogens with two attached hydrogens (primary N) is 1. The van der Waals surface area contributed by atoms with Crippen LogP contribution in [0.5, 0.6) is 0 Å². The molecule has 0 radical (unpaired) electrons. The molecule has 1 aliphatic carbocycles. The number of allylic oxidation sites excluding steroid dienone is 2. The summed E-state index contributed by atoms with van der Waals surface area (Å²) in [5.74, 6) is 1.52. The highest BCUT2D eigenvalue weighted by Crippen LogP contribution is 2.32. The number of hydrogen-bond donors (Lipinski definition) is 3. The van der Waals surface area contributed by atoms with Crippen molar-refractivity contribution in [3.63, 3.8) is 0 Å². The van der Waals surface area contributed by atoms with Crippen LogP contribution in [0.3, 0.4) is 0 Å². The monoisotopic (exact) mass is 437 g/mol. The van der Waals surface area contributed by atoms with Gasteiger partial charge in [0.25, 0.3) is 0 Å². The number of nitrogen functional groups attached to an aromatic ring is 1. The first-order valence-corrected chi connectivity index (χ1v) is 11.3.